The van der Waals surface area contributed by atoms with Gasteiger partial charge in [0.1, 0.15) is 5.75 Å². The Balaban J connectivity index is 0.000000187. The molecule has 0 saturated heterocycles. The second kappa shape index (κ2) is 4.70. The highest BCUT2D eigenvalue weighted by Gasteiger charge is 2.29. The van der Waals surface area contributed by atoms with Crippen LogP contribution in [0.5, 0.6) is 5.75 Å². The fourth-order valence-electron chi connectivity index (χ4n) is 0.714. The van der Waals surface area contributed by atoms with E-state index in [0.29, 0.717) is 11.4 Å². The van der Waals surface area contributed by atoms with E-state index < -0.39 is 0 Å². The van der Waals surface area contributed by atoms with Gasteiger partial charge >= 0.3 is 0 Å². The van der Waals surface area contributed by atoms with E-state index in [0.717, 1.165) is 0 Å². The number of carbonyl (C=O) groups excluding carboxylic acids is 1. The first-order chi connectivity index (χ1) is 6.93. The third kappa shape index (κ3) is 3.27. The Morgan fingerprint density at radius 3 is 2.20 bits per heavy atom. The molecule has 0 bridgehead atoms. The van der Waals surface area contributed by atoms with E-state index in [-0.39, 0.29) is 28.3 Å². The van der Waals surface area contributed by atoms with Crippen LogP contribution < -0.4 is 11.5 Å². The van der Waals surface area contributed by atoms with Gasteiger partial charge in [-0.3, -0.25) is 4.79 Å². The number of phenolic OH excluding ortho intramolecular Hbond substituents is 1. The third-order valence-electron chi connectivity index (χ3n) is 1.78. The fraction of sp³-hybridized carbons (Fsp3) is 0.222. The summed E-state index contributed by atoms with van der Waals surface area (Å²) in [5.74, 6) is 0.152. The van der Waals surface area contributed by atoms with Gasteiger partial charge in [-0.2, -0.15) is 0 Å². The summed E-state index contributed by atoms with van der Waals surface area (Å²) in [7, 11) is 0. The lowest BCUT2D eigenvalue weighted by Crippen LogP contribution is -1.99. The Bertz CT molecular complexity index is 369. The summed E-state index contributed by atoms with van der Waals surface area (Å²) in [5.41, 5.74) is 10.5. The SMILES string of the molecule is NC1CC1=O.Nc1c(O)ccc(Cl)c1Cl. The van der Waals surface area contributed by atoms with Gasteiger partial charge in [-0.05, 0) is 12.1 Å². The molecule has 0 spiro atoms. The normalized spacial score (nSPS) is 18.1. The van der Waals surface area contributed by atoms with Crippen molar-refractivity contribution >= 4 is 34.7 Å². The maximum Gasteiger partial charge on any atom is 0.151 e. The van der Waals surface area contributed by atoms with Crippen LogP contribution in [0.4, 0.5) is 5.69 Å². The number of phenols is 1. The summed E-state index contributed by atoms with van der Waals surface area (Å²) in [6, 6.07) is 2.79. The fourth-order valence-corrected chi connectivity index (χ4v) is 1.04. The lowest BCUT2D eigenvalue weighted by Gasteiger charge is -2.01. The van der Waals surface area contributed by atoms with Crippen molar-refractivity contribution in [1.29, 1.82) is 0 Å². The molecule has 1 aromatic rings. The average Bonchev–Trinajstić information content (AvgIpc) is 2.84. The monoisotopic (exact) mass is 248 g/mol. The summed E-state index contributed by atoms with van der Waals surface area (Å²) in [6.07, 6.45) is 0.611. The maximum atomic E-state index is 9.76. The lowest BCUT2D eigenvalue weighted by atomic mass is 10.3. The molecular formula is C9H10Cl2N2O2. The average molecular weight is 249 g/mol. The molecule has 0 aliphatic heterocycles. The van der Waals surface area contributed by atoms with Crippen molar-refractivity contribution < 1.29 is 9.90 Å². The number of Topliss-reactive ketones (excluding diaryl/α,β-unsaturated/α-hetero) is 1. The molecule has 1 saturated carbocycles. The molecule has 0 radical (unpaired) electrons. The number of aromatic hydroxyl groups is 1. The van der Waals surface area contributed by atoms with Crippen LogP contribution in [0.2, 0.25) is 10.0 Å². The van der Waals surface area contributed by atoms with Gasteiger partial charge in [0.25, 0.3) is 0 Å². The van der Waals surface area contributed by atoms with Crippen molar-refractivity contribution in [2.75, 3.05) is 5.73 Å². The number of benzene rings is 1. The number of carbonyl (C=O) groups is 1. The summed E-state index contributed by atoms with van der Waals surface area (Å²) < 4.78 is 0. The van der Waals surface area contributed by atoms with E-state index in [4.69, 9.17) is 39.8 Å². The molecule has 4 nitrogen and oxygen atoms in total. The quantitative estimate of drug-likeness (QED) is 0.481. The van der Waals surface area contributed by atoms with E-state index >= 15 is 0 Å². The molecule has 1 aliphatic rings. The predicted molar refractivity (Wildman–Crippen MR) is 60.1 cm³/mol. The Morgan fingerprint density at radius 1 is 1.40 bits per heavy atom. The smallest absolute Gasteiger partial charge is 0.151 e. The zero-order valence-electron chi connectivity index (χ0n) is 7.71. The molecule has 0 aromatic heterocycles. The van der Waals surface area contributed by atoms with E-state index in [9.17, 15) is 4.79 Å². The zero-order chi connectivity index (χ0) is 11.6. The Hall–Kier alpha value is -0.970. The van der Waals surface area contributed by atoms with Gasteiger partial charge in [-0.15, -0.1) is 0 Å². The Kier molecular flexibility index (Phi) is 3.79. The topological polar surface area (TPSA) is 89.3 Å². The van der Waals surface area contributed by atoms with Crippen LogP contribution in [0, 0.1) is 0 Å². The number of hydrogen-bond acceptors (Lipinski definition) is 4. The van der Waals surface area contributed by atoms with Crippen molar-refractivity contribution in [1.82, 2.24) is 0 Å². The van der Waals surface area contributed by atoms with Crippen molar-refractivity contribution in [2.45, 2.75) is 12.5 Å². The van der Waals surface area contributed by atoms with Gasteiger partial charge in [0.2, 0.25) is 0 Å². The largest absolute Gasteiger partial charge is 0.506 e. The highest BCUT2D eigenvalue weighted by molar-refractivity contribution is 6.43. The molecule has 0 amide bonds. The second-order valence-electron chi connectivity index (χ2n) is 3.07. The van der Waals surface area contributed by atoms with Crippen molar-refractivity contribution in [3.8, 4) is 5.75 Å². The number of anilines is 1. The molecule has 82 valence electrons. The summed E-state index contributed by atoms with van der Waals surface area (Å²) in [6.45, 7) is 0. The molecule has 1 aliphatic carbocycles. The minimum Gasteiger partial charge on any atom is -0.506 e. The van der Waals surface area contributed by atoms with E-state index in [1.807, 2.05) is 0 Å². The zero-order valence-corrected chi connectivity index (χ0v) is 9.22. The first-order valence-corrected chi connectivity index (χ1v) is 4.89. The molecular weight excluding hydrogens is 239 g/mol. The van der Waals surface area contributed by atoms with Crippen LogP contribution in [0.25, 0.3) is 0 Å². The number of halogens is 2. The minimum atomic E-state index is -0.0880. The number of nitrogen functional groups attached to an aromatic ring is 1. The Morgan fingerprint density at radius 2 is 1.87 bits per heavy atom. The number of ketones is 1. The Labute approximate surface area is 96.8 Å². The van der Waals surface area contributed by atoms with Crippen LogP contribution in [-0.2, 0) is 4.79 Å². The number of rotatable bonds is 0. The minimum absolute atomic E-state index is 0.0469. The molecule has 5 N–H and O–H groups in total. The van der Waals surface area contributed by atoms with E-state index in [1.54, 1.807) is 0 Å². The molecule has 2 rings (SSSR count). The van der Waals surface area contributed by atoms with E-state index in [2.05, 4.69) is 0 Å². The van der Waals surface area contributed by atoms with Gasteiger partial charge in [0, 0.05) is 6.42 Å². The van der Waals surface area contributed by atoms with Gasteiger partial charge in [0.15, 0.2) is 5.78 Å². The molecule has 1 aromatic carbocycles. The molecule has 6 heteroatoms. The third-order valence-corrected chi connectivity index (χ3v) is 2.60. The van der Waals surface area contributed by atoms with Gasteiger partial charge in [-0.1, -0.05) is 23.2 Å². The molecule has 1 fully saturated rings. The summed E-state index contributed by atoms with van der Waals surface area (Å²) in [5, 5.41) is 9.50. The van der Waals surface area contributed by atoms with Gasteiger partial charge in [0.05, 0.1) is 21.8 Å². The molecule has 1 atom stereocenters. The van der Waals surface area contributed by atoms with Crippen LogP contribution in [-0.4, -0.2) is 16.9 Å². The highest BCUT2D eigenvalue weighted by Crippen LogP contribution is 2.33. The van der Waals surface area contributed by atoms with Crippen LogP contribution in [0.1, 0.15) is 6.42 Å². The highest BCUT2D eigenvalue weighted by atomic mass is 35.5. The van der Waals surface area contributed by atoms with Gasteiger partial charge < -0.3 is 16.6 Å². The number of nitrogens with two attached hydrogens (primary N) is 2. The van der Waals surface area contributed by atoms with Crippen LogP contribution in [0.15, 0.2) is 12.1 Å². The van der Waals surface area contributed by atoms with Crippen molar-refractivity contribution in [3.05, 3.63) is 22.2 Å². The van der Waals surface area contributed by atoms with Crippen LogP contribution >= 0.6 is 23.2 Å². The van der Waals surface area contributed by atoms with E-state index in [1.165, 1.54) is 12.1 Å². The second-order valence-corrected chi connectivity index (χ2v) is 3.86. The molecule has 15 heavy (non-hydrogen) atoms. The predicted octanol–water partition coefficient (Wildman–Crippen LogP) is 1.57. The standard InChI is InChI=1S/C6H5Cl2NO.C3H5NO/c7-3-1-2-4(10)6(9)5(3)8;4-2-1-3(2)5/h1-2,10H,9H2;2H,1,4H2. The summed E-state index contributed by atoms with van der Waals surface area (Å²) in [4.78, 5) is 9.76. The molecule has 1 unspecified atom stereocenters. The molecule has 0 heterocycles. The summed E-state index contributed by atoms with van der Waals surface area (Å²) >= 11 is 11.1. The van der Waals surface area contributed by atoms with Crippen LogP contribution in [0.3, 0.4) is 0 Å². The number of hydrogen-bond donors (Lipinski definition) is 3. The first-order valence-electron chi connectivity index (χ1n) is 4.14. The van der Waals surface area contributed by atoms with Crippen molar-refractivity contribution in [3.63, 3.8) is 0 Å². The van der Waals surface area contributed by atoms with Crippen molar-refractivity contribution in [2.24, 2.45) is 5.73 Å². The maximum absolute atomic E-state index is 9.76. The van der Waals surface area contributed by atoms with Gasteiger partial charge in [-0.25, -0.2) is 0 Å². The lowest BCUT2D eigenvalue weighted by molar-refractivity contribution is -0.110. The first kappa shape index (κ1) is 12.1.